The smallest absolute Gasteiger partial charge is 0.271 e. The third kappa shape index (κ3) is 5.51. The van der Waals surface area contributed by atoms with Crippen molar-refractivity contribution in [2.75, 3.05) is 16.0 Å². The van der Waals surface area contributed by atoms with E-state index in [0.29, 0.717) is 16.8 Å². The van der Waals surface area contributed by atoms with Crippen LogP contribution in [-0.4, -0.2) is 15.8 Å². The van der Waals surface area contributed by atoms with E-state index in [2.05, 4.69) is 20.9 Å². The van der Waals surface area contributed by atoms with E-state index in [4.69, 9.17) is 0 Å². The standard InChI is InChI=1S/C28H22N6O3/c1-33-16-13-23(14-17-33)30-20-4-2-19(3-5-20)28(35)32-22-8-6-21(7-9-22)31-26-12-15-29-27-18-24(34(36)37)10-11-25(26)27/h2-18H,1H3,(H2,29,31,32,35)/p+1. The summed E-state index contributed by atoms with van der Waals surface area (Å²) < 4.78 is 1.96. The lowest BCUT2D eigenvalue weighted by molar-refractivity contribution is -0.671. The summed E-state index contributed by atoms with van der Waals surface area (Å²) in [7, 11) is 1.96. The third-order valence-corrected chi connectivity index (χ3v) is 5.77. The summed E-state index contributed by atoms with van der Waals surface area (Å²) in [5.74, 6) is -0.208. The number of benzene rings is 3. The molecule has 0 unspecified atom stereocenters. The molecule has 182 valence electrons. The number of nitro benzene ring substituents is 1. The van der Waals surface area contributed by atoms with E-state index >= 15 is 0 Å². The van der Waals surface area contributed by atoms with Crippen molar-refractivity contribution in [3.05, 3.63) is 119 Å². The maximum atomic E-state index is 12.7. The maximum Gasteiger partial charge on any atom is 0.271 e. The molecule has 0 bridgehead atoms. The van der Waals surface area contributed by atoms with Crippen LogP contribution in [0.1, 0.15) is 10.4 Å². The van der Waals surface area contributed by atoms with E-state index < -0.39 is 4.92 Å². The number of fused-ring (bicyclic) bond motifs is 1. The van der Waals surface area contributed by atoms with Gasteiger partial charge in [0.15, 0.2) is 12.4 Å². The Balaban J connectivity index is 1.23. The number of carbonyl (C=O) groups is 1. The van der Waals surface area contributed by atoms with Gasteiger partial charge in [-0.15, -0.1) is 0 Å². The lowest BCUT2D eigenvalue weighted by Crippen LogP contribution is -2.25. The van der Waals surface area contributed by atoms with E-state index in [0.717, 1.165) is 28.1 Å². The fourth-order valence-electron chi connectivity index (χ4n) is 3.81. The number of aryl methyl sites for hydroxylation is 1. The Morgan fingerprint density at radius 1 is 0.811 bits per heavy atom. The normalized spacial score (nSPS) is 10.6. The highest BCUT2D eigenvalue weighted by Crippen LogP contribution is 2.28. The van der Waals surface area contributed by atoms with Crippen molar-refractivity contribution in [2.24, 2.45) is 7.05 Å². The summed E-state index contributed by atoms with van der Waals surface area (Å²) in [6.45, 7) is 0. The van der Waals surface area contributed by atoms with Gasteiger partial charge in [-0.05, 0) is 60.7 Å². The highest BCUT2D eigenvalue weighted by Gasteiger charge is 2.10. The second-order valence-corrected chi connectivity index (χ2v) is 8.43. The van der Waals surface area contributed by atoms with Crippen LogP contribution in [0.25, 0.3) is 10.9 Å². The first-order valence-electron chi connectivity index (χ1n) is 11.5. The van der Waals surface area contributed by atoms with Gasteiger partial charge in [-0.1, -0.05) is 0 Å². The zero-order valence-electron chi connectivity index (χ0n) is 19.9. The molecule has 0 saturated heterocycles. The van der Waals surface area contributed by atoms with Gasteiger partial charge in [0.25, 0.3) is 11.6 Å². The Hall–Kier alpha value is -5.31. The van der Waals surface area contributed by atoms with E-state index in [1.165, 1.54) is 12.1 Å². The number of carbonyl (C=O) groups excluding carboxylic acids is 1. The van der Waals surface area contributed by atoms with Crippen LogP contribution in [0.15, 0.2) is 104 Å². The molecule has 3 N–H and O–H groups in total. The van der Waals surface area contributed by atoms with E-state index in [1.54, 1.807) is 42.6 Å². The van der Waals surface area contributed by atoms with Crippen molar-refractivity contribution in [1.29, 1.82) is 0 Å². The van der Waals surface area contributed by atoms with Crippen LogP contribution in [-0.2, 0) is 7.05 Å². The molecule has 2 aromatic heterocycles. The number of nitro groups is 1. The number of pyridine rings is 2. The molecule has 0 fully saturated rings. The van der Waals surface area contributed by atoms with Gasteiger partial charge in [0.1, 0.15) is 7.05 Å². The molecule has 0 aliphatic heterocycles. The van der Waals surface area contributed by atoms with Crippen molar-refractivity contribution in [1.82, 2.24) is 4.98 Å². The summed E-state index contributed by atoms with van der Waals surface area (Å²) in [6, 6.07) is 24.9. The lowest BCUT2D eigenvalue weighted by atomic mass is 10.1. The zero-order chi connectivity index (χ0) is 25.8. The molecule has 9 heteroatoms. The summed E-state index contributed by atoms with van der Waals surface area (Å²) in [5, 5.41) is 21.3. The molecule has 0 atom stereocenters. The molecule has 0 aliphatic carbocycles. The average Bonchev–Trinajstić information content (AvgIpc) is 2.91. The number of nitrogens with zero attached hydrogens (tertiary/aromatic N) is 3. The highest BCUT2D eigenvalue weighted by atomic mass is 16.6. The topological polar surface area (TPSA) is 113 Å². The lowest BCUT2D eigenvalue weighted by Gasteiger charge is -2.11. The Labute approximate surface area is 212 Å². The summed E-state index contributed by atoms with van der Waals surface area (Å²) in [5.41, 5.74) is 5.15. The Kier molecular flexibility index (Phi) is 6.41. The van der Waals surface area contributed by atoms with Crippen molar-refractivity contribution >= 4 is 50.9 Å². The monoisotopic (exact) mass is 491 g/mol. The molecule has 2 heterocycles. The zero-order valence-corrected chi connectivity index (χ0v) is 19.9. The minimum Gasteiger partial charge on any atom is -0.355 e. The molecule has 5 aromatic rings. The van der Waals surface area contributed by atoms with Crippen LogP contribution in [0.5, 0.6) is 0 Å². The second kappa shape index (κ2) is 10.1. The molecule has 3 aromatic carbocycles. The minimum atomic E-state index is -0.440. The van der Waals surface area contributed by atoms with Crippen LogP contribution in [0, 0.1) is 10.1 Å². The first-order valence-corrected chi connectivity index (χ1v) is 11.5. The van der Waals surface area contributed by atoms with Crippen molar-refractivity contribution < 1.29 is 14.3 Å². The molecule has 5 rings (SSSR count). The maximum absolute atomic E-state index is 12.7. The summed E-state index contributed by atoms with van der Waals surface area (Å²) in [6.07, 6.45) is 5.51. The number of rotatable bonds is 7. The second-order valence-electron chi connectivity index (χ2n) is 8.43. The fourth-order valence-corrected chi connectivity index (χ4v) is 3.81. The predicted octanol–water partition coefficient (Wildman–Crippen LogP) is 5.71. The number of anilines is 5. The molecular weight excluding hydrogens is 468 g/mol. The molecular formula is C28H23N6O3+. The minimum absolute atomic E-state index is 0.00593. The van der Waals surface area contributed by atoms with Crippen LogP contribution in [0.3, 0.4) is 0 Å². The molecule has 37 heavy (non-hydrogen) atoms. The molecule has 9 nitrogen and oxygen atoms in total. The largest absolute Gasteiger partial charge is 0.355 e. The van der Waals surface area contributed by atoms with Gasteiger partial charge in [-0.3, -0.25) is 19.9 Å². The van der Waals surface area contributed by atoms with Crippen molar-refractivity contribution in [3.8, 4) is 0 Å². The number of nitrogens with one attached hydrogen (secondary N) is 3. The number of hydrogen-bond donors (Lipinski definition) is 3. The number of amides is 1. The fraction of sp³-hybridized carbons (Fsp3) is 0.0357. The van der Waals surface area contributed by atoms with E-state index in [9.17, 15) is 14.9 Å². The third-order valence-electron chi connectivity index (χ3n) is 5.77. The van der Waals surface area contributed by atoms with Gasteiger partial charge < -0.3 is 16.0 Å². The molecule has 0 saturated carbocycles. The highest BCUT2D eigenvalue weighted by molar-refractivity contribution is 6.04. The molecule has 0 spiro atoms. The first kappa shape index (κ1) is 23.4. The van der Waals surface area contributed by atoms with Gasteiger partial charge >= 0.3 is 0 Å². The number of hydrogen-bond acceptors (Lipinski definition) is 6. The van der Waals surface area contributed by atoms with Gasteiger partial charge in [0.05, 0.1) is 16.1 Å². The molecule has 1 amide bonds. The number of non-ortho nitro benzene ring substituents is 1. The van der Waals surface area contributed by atoms with E-state index in [-0.39, 0.29) is 11.6 Å². The summed E-state index contributed by atoms with van der Waals surface area (Å²) in [4.78, 5) is 27.5. The van der Waals surface area contributed by atoms with Crippen LogP contribution < -0.4 is 20.5 Å². The van der Waals surface area contributed by atoms with Gasteiger partial charge in [-0.25, -0.2) is 4.57 Å². The summed E-state index contributed by atoms with van der Waals surface area (Å²) >= 11 is 0. The Morgan fingerprint density at radius 3 is 2.14 bits per heavy atom. The quantitative estimate of drug-likeness (QED) is 0.153. The van der Waals surface area contributed by atoms with Crippen LogP contribution in [0.4, 0.5) is 34.1 Å². The van der Waals surface area contributed by atoms with Gasteiger partial charge in [-0.2, -0.15) is 0 Å². The van der Waals surface area contributed by atoms with Crippen LogP contribution in [0.2, 0.25) is 0 Å². The van der Waals surface area contributed by atoms with Crippen molar-refractivity contribution in [3.63, 3.8) is 0 Å². The van der Waals surface area contributed by atoms with Gasteiger partial charge in [0, 0.05) is 64.2 Å². The molecule has 0 aliphatic rings. The Bertz CT molecular complexity index is 1580. The average molecular weight is 492 g/mol. The molecule has 0 radical (unpaired) electrons. The SMILES string of the molecule is C[n+]1ccc(Nc2ccc(C(=O)Nc3ccc(Nc4ccnc5cc([N+](=O)[O-])ccc45)cc3)cc2)cc1. The van der Waals surface area contributed by atoms with Crippen molar-refractivity contribution in [2.45, 2.75) is 0 Å². The first-order chi connectivity index (χ1) is 17.9. The Morgan fingerprint density at radius 2 is 1.43 bits per heavy atom. The van der Waals surface area contributed by atoms with Gasteiger partial charge in [0.2, 0.25) is 0 Å². The van der Waals surface area contributed by atoms with Crippen LogP contribution >= 0.6 is 0 Å². The predicted molar refractivity (Wildman–Crippen MR) is 143 cm³/mol. The van der Waals surface area contributed by atoms with E-state index in [1.807, 2.05) is 60.4 Å². The number of aromatic nitrogens is 2.